The topological polar surface area (TPSA) is 86.8 Å². The Hall–Kier alpha value is -3.72. The Balaban J connectivity index is 2.06. The highest BCUT2D eigenvalue weighted by Gasteiger charge is 2.33. The summed E-state index contributed by atoms with van der Waals surface area (Å²) in [4.78, 5) is 28.8. The van der Waals surface area contributed by atoms with Crippen LogP contribution in [0.3, 0.4) is 0 Å². The summed E-state index contributed by atoms with van der Waals surface area (Å²) < 4.78 is 40.2. The van der Waals surface area contributed by atoms with Gasteiger partial charge in [0.1, 0.15) is 18.4 Å². The highest BCUT2D eigenvalue weighted by atomic mass is 32.2. The van der Waals surface area contributed by atoms with Crippen molar-refractivity contribution in [3.8, 4) is 0 Å². The van der Waals surface area contributed by atoms with Gasteiger partial charge >= 0.3 is 0 Å². The minimum atomic E-state index is -3.95. The van der Waals surface area contributed by atoms with Crippen LogP contribution in [0.5, 0.6) is 0 Å². The molecule has 0 saturated carbocycles. The molecule has 0 aliphatic rings. The van der Waals surface area contributed by atoms with E-state index >= 15 is 0 Å². The molecule has 7 nitrogen and oxygen atoms in total. The highest BCUT2D eigenvalue weighted by Crippen LogP contribution is 2.21. The van der Waals surface area contributed by atoms with E-state index in [4.69, 9.17) is 0 Å². The molecule has 0 aliphatic carbocycles. The average molecular weight is 540 g/mol. The van der Waals surface area contributed by atoms with Crippen molar-refractivity contribution in [3.63, 3.8) is 0 Å². The number of aryl methyl sites for hydroxylation is 1. The number of anilines is 1. The van der Waals surface area contributed by atoms with Crippen molar-refractivity contribution in [1.29, 1.82) is 0 Å². The van der Waals surface area contributed by atoms with Gasteiger partial charge in [-0.05, 0) is 50.1 Å². The number of sulfonamides is 1. The third-order valence-corrected chi connectivity index (χ3v) is 7.05. The van der Waals surface area contributed by atoms with Gasteiger partial charge in [0.05, 0.1) is 11.9 Å². The third kappa shape index (κ3) is 8.14. The molecule has 0 fully saturated rings. The Morgan fingerprint density at radius 1 is 0.921 bits per heavy atom. The van der Waals surface area contributed by atoms with Crippen LogP contribution >= 0.6 is 0 Å². The summed E-state index contributed by atoms with van der Waals surface area (Å²) in [7, 11) is -3.95. The van der Waals surface area contributed by atoms with Gasteiger partial charge in [-0.25, -0.2) is 12.8 Å². The molecule has 202 valence electrons. The first-order valence-corrected chi connectivity index (χ1v) is 14.2. The summed E-state index contributed by atoms with van der Waals surface area (Å²) in [5, 5.41) is 2.90. The van der Waals surface area contributed by atoms with Gasteiger partial charge in [-0.15, -0.1) is 0 Å². The molecule has 0 radical (unpaired) electrons. The molecule has 3 rings (SSSR count). The van der Waals surface area contributed by atoms with Crippen molar-refractivity contribution in [2.45, 2.75) is 45.8 Å². The molecular weight excluding hydrogens is 505 g/mol. The van der Waals surface area contributed by atoms with Gasteiger partial charge < -0.3 is 10.2 Å². The van der Waals surface area contributed by atoms with Gasteiger partial charge in [0, 0.05) is 19.0 Å². The summed E-state index contributed by atoms with van der Waals surface area (Å²) in [6, 6.07) is 20.9. The molecule has 0 saturated heterocycles. The molecule has 0 heterocycles. The molecule has 0 spiro atoms. The Morgan fingerprint density at radius 2 is 1.58 bits per heavy atom. The normalized spacial score (nSPS) is 12.2. The molecule has 3 aromatic rings. The number of rotatable bonds is 11. The summed E-state index contributed by atoms with van der Waals surface area (Å²) in [6.07, 6.45) is 1.19. The van der Waals surface area contributed by atoms with Crippen molar-refractivity contribution >= 4 is 27.5 Å². The maximum Gasteiger partial charge on any atom is 0.244 e. The Bertz CT molecular complexity index is 1360. The Kier molecular flexibility index (Phi) is 9.63. The minimum Gasteiger partial charge on any atom is -0.352 e. The molecule has 38 heavy (non-hydrogen) atoms. The first kappa shape index (κ1) is 28.8. The number of nitrogens with one attached hydrogen (secondary N) is 1. The van der Waals surface area contributed by atoms with Crippen LogP contribution in [-0.2, 0) is 32.6 Å². The van der Waals surface area contributed by atoms with E-state index in [0.29, 0.717) is 0 Å². The predicted molar refractivity (Wildman–Crippen MR) is 148 cm³/mol. The van der Waals surface area contributed by atoms with E-state index in [2.05, 4.69) is 5.32 Å². The molecule has 0 bridgehead atoms. The molecule has 1 N–H and O–H groups in total. The van der Waals surface area contributed by atoms with E-state index in [1.807, 2.05) is 75.4 Å². The fraction of sp³-hybridized carbons (Fsp3) is 0.310. The summed E-state index contributed by atoms with van der Waals surface area (Å²) in [6.45, 7) is 5.09. The minimum absolute atomic E-state index is 0.0302. The van der Waals surface area contributed by atoms with Gasteiger partial charge in [-0.2, -0.15) is 0 Å². The lowest BCUT2D eigenvalue weighted by atomic mass is 10.0. The Morgan fingerprint density at radius 3 is 2.18 bits per heavy atom. The molecule has 0 aromatic heterocycles. The fourth-order valence-electron chi connectivity index (χ4n) is 4.19. The third-order valence-electron chi connectivity index (χ3n) is 5.91. The second-order valence-electron chi connectivity index (χ2n) is 9.63. The maximum absolute atomic E-state index is 14.0. The summed E-state index contributed by atoms with van der Waals surface area (Å²) in [5.74, 6) is -1.55. The van der Waals surface area contributed by atoms with Crippen molar-refractivity contribution in [1.82, 2.24) is 10.2 Å². The molecule has 0 unspecified atom stereocenters. The molecule has 3 aromatic carbocycles. The number of amides is 2. The summed E-state index contributed by atoms with van der Waals surface area (Å²) >= 11 is 0. The van der Waals surface area contributed by atoms with Gasteiger partial charge in [0.25, 0.3) is 0 Å². The zero-order valence-electron chi connectivity index (χ0n) is 22.1. The number of benzene rings is 3. The highest BCUT2D eigenvalue weighted by molar-refractivity contribution is 7.92. The quantitative estimate of drug-likeness (QED) is 0.398. The first-order chi connectivity index (χ1) is 17.9. The second-order valence-corrected chi connectivity index (χ2v) is 11.5. The predicted octanol–water partition coefficient (Wildman–Crippen LogP) is 4.06. The van der Waals surface area contributed by atoms with Gasteiger partial charge in [-0.1, -0.05) is 66.2 Å². The van der Waals surface area contributed by atoms with Gasteiger partial charge in [-0.3, -0.25) is 13.9 Å². The summed E-state index contributed by atoms with van der Waals surface area (Å²) in [5.41, 5.74) is 2.66. The van der Waals surface area contributed by atoms with E-state index in [0.717, 1.165) is 33.3 Å². The number of nitrogens with zero attached hydrogens (tertiary/aromatic N) is 2. The lowest BCUT2D eigenvalue weighted by Gasteiger charge is -2.34. The van der Waals surface area contributed by atoms with Crippen LogP contribution in [-0.4, -0.2) is 50.0 Å². The van der Waals surface area contributed by atoms with Crippen LogP contribution in [0.1, 0.15) is 30.5 Å². The van der Waals surface area contributed by atoms with Gasteiger partial charge in [0.15, 0.2) is 0 Å². The van der Waals surface area contributed by atoms with E-state index in [9.17, 15) is 22.4 Å². The van der Waals surface area contributed by atoms with Crippen LogP contribution in [0.2, 0.25) is 0 Å². The molecule has 0 aliphatic heterocycles. The van der Waals surface area contributed by atoms with Crippen LogP contribution in [0.25, 0.3) is 0 Å². The lowest BCUT2D eigenvalue weighted by molar-refractivity contribution is -0.140. The second kappa shape index (κ2) is 12.7. The van der Waals surface area contributed by atoms with Crippen LogP contribution in [0, 0.1) is 12.7 Å². The number of hydrogen-bond donors (Lipinski definition) is 1. The number of hydrogen-bond acceptors (Lipinski definition) is 4. The molecule has 9 heteroatoms. The first-order valence-electron chi connectivity index (χ1n) is 12.4. The van der Waals surface area contributed by atoms with Crippen molar-refractivity contribution < 1.29 is 22.4 Å². The van der Waals surface area contributed by atoms with Crippen molar-refractivity contribution in [2.24, 2.45) is 0 Å². The zero-order chi connectivity index (χ0) is 27.9. The smallest absolute Gasteiger partial charge is 0.244 e. The average Bonchev–Trinajstić information content (AvgIpc) is 2.84. The van der Waals surface area contributed by atoms with Crippen LogP contribution in [0.15, 0.2) is 78.9 Å². The monoisotopic (exact) mass is 539 g/mol. The number of carbonyl (C=O) groups excluding carboxylic acids is 2. The number of halogens is 1. The largest absolute Gasteiger partial charge is 0.352 e. The van der Waals surface area contributed by atoms with Crippen molar-refractivity contribution in [3.05, 3.63) is 101 Å². The fourth-order valence-corrected chi connectivity index (χ4v) is 5.03. The van der Waals surface area contributed by atoms with E-state index < -0.39 is 34.3 Å². The maximum atomic E-state index is 14.0. The molecule has 2 amide bonds. The van der Waals surface area contributed by atoms with E-state index in [1.165, 1.54) is 23.1 Å². The van der Waals surface area contributed by atoms with Crippen LogP contribution in [0.4, 0.5) is 10.1 Å². The molecular formula is C29H34FN3O4S. The number of carbonyl (C=O) groups is 2. The van der Waals surface area contributed by atoms with Crippen LogP contribution < -0.4 is 9.62 Å². The molecule has 1 atom stereocenters. The van der Waals surface area contributed by atoms with Gasteiger partial charge in [0.2, 0.25) is 21.8 Å². The standard InChI is InChI=1S/C29H34FN3O4S/c1-21(2)31-29(35)27(17-23-11-6-5-7-12-23)32(19-24-13-8-10-22(3)16-24)28(34)20-33(38(4,36)37)26-15-9-14-25(30)18-26/h5-16,18,21,27H,17,19-20H2,1-4H3,(H,31,35)/t27-/m0/s1. The van der Waals surface area contributed by atoms with Crippen molar-refractivity contribution in [2.75, 3.05) is 17.1 Å². The Labute approximate surface area is 224 Å². The SMILES string of the molecule is Cc1cccc(CN(C(=O)CN(c2cccc(F)c2)S(C)(=O)=O)[C@@H](Cc2ccccc2)C(=O)NC(C)C)c1. The lowest BCUT2D eigenvalue weighted by Crippen LogP contribution is -2.54. The zero-order valence-corrected chi connectivity index (χ0v) is 22.9. The van der Waals surface area contributed by atoms with E-state index in [1.54, 1.807) is 0 Å². The van der Waals surface area contributed by atoms with E-state index in [-0.39, 0.29) is 30.6 Å².